The van der Waals surface area contributed by atoms with Crippen molar-refractivity contribution in [1.29, 1.82) is 0 Å². The summed E-state index contributed by atoms with van der Waals surface area (Å²) in [6, 6.07) is 0. The van der Waals surface area contributed by atoms with Crippen LogP contribution in [0.15, 0.2) is 6.20 Å². The highest BCUT2D eigenvalue weighted by atomic mass is 32.1. The monoisotopic (exact) mass is 155 g/mol. The van der Waals surface area contributed by atoms with Crippen molar-refractivity contribution in [2.75, 3.05) is 0 Å². The highest BCUT2D eigenvalue weighted by molar-refractivity contribution is 7.11. The predicted octanol–water partition coefficient (Wildman–Crippen LogP) is 2.65. The zero-order chi connectivity index (χ0) is 7.56. The van der Waals surface area contributed by atoms with Gasteiger partial charge in [-0.05, 0) is 19.3 Å². The SMILES string of the molecule is Cc1ncc(CC(C)C)s1. The normalized spacial score (nSPS) is 10.8. The summed E-state index contributed by atoms with van der Waals surface area (Å²) in [6.45, 7) is 6.51. The molecule has 56 valence electrons. The Morgan fingerprint density at radius 3 is 2.70 bits per heavy atom. The third kappa shape index (κ3) is 2.10. The zero-order valence-corrected chi connectivity index (χ0v) is 7.53. The number of hydrogen-bond acceptors (Lipinski definition) is 2. The molecular formula is C8H13NS. The van der Waals surface area contributed by atoms with Gasteiger partial charge in [0.1, 0.15) is 0 Å². The van der Waals surface area contributed by atoms with Gasteiger partial charge in [-0.1, -0.05) is 13.8 Å². The van der Waals surface area contributed by atoms with Crippen molar-refractivity contribution >= 4 is 11.3 Å². The quantitative estimate of drug-likeness (QED) is 0.640. The molecule has 0 N–H and O–H groups in total. The predicted molar refractivity (Wildman–Crippen MR) is 45.4 cm³/mol. The molecule has 0 aromatic carbocycles. The number of rotatable bonds is 2. The van der Waals surface area contributed by atoms with Crippen molar-refractivity contribution in [3.63, 3.8) is 0 Å². The number of hydrogen-bond donors (Lipinski definition) is 0. The number of aryl methyl sites for hydroxylation is 1. The Labute approximate surface area is 66.1 Å². The Balaban J connectivity index is 2.58. The van der Waals surface area contributed by atoms with Crippen molar-refractivity contribution in [2.45, 2.75) is 27.2 Å². The van der Waals surface area contributed by atoms with Crippen LogP contribution in [-0.4, -0.2) is 4.98 Å². The maximum absolute atomic E-state index is 4.19. The second-order valence-corrected chi connectivity index (χ2v) is 4.26. The van der Waals surface area contributed by atoms with Crippen LogP contribution in [0.5, 0.6) is 0 Å². The van der Waals surface area contributed by atoms with E-state index in [1.807, 2.05) is 6.20 Å². The van der Waals surface area contributed by atoms with E-state index in [9.17, 15) is 0 Å². The standard InChI is InChI=1S/C8H13NS/c1-6(2)4-8-5-9-7(3)10-8/h5-6H,4H2,1-3H3. The molecule has 10 heavy (non-hydrogen) atoms. The molecule has 0 saturated carbocycles. The molecule has 0 unspecified atom stereocenters. The molecule has 1 heterocycles. The minimum atomic E-state index is 0.750. The maximum Gasteiger partial charge on any atom is 0.0896 e. The lowest BCUT2D eigenvalue weighted by atomic mass is 10.1. The van der Waals surface area contributed by atoms with Crippen molar-refractivity contribution in [3.8, 4) is 0 Å². The lowest BCUT2D eigenvalue weighted by Gasteiger charge is -1.98. The number of nitrogens with zero attached hydrogens (tertiary/aromatic N) is 1. The molecule has 1 nitrogen and oxygen atoms in total. The van der Waals surface area contributed by atoms with Crippen LogP contribution in [0.25, 0.3) is 0 Å². The Kier molecular flexibility index (Phi) is 2.44. The maximum atomic E-state index is 4.19. The molecule has 1 aromatic heterocycles. The van der Waals surface area contributed by atoms with Gasteiger partial charge in [0.2, 0.25) is 0 Å². The van der Waals surface area contributed by atoms with E-state index in [-0.39, 0.29) is 0 Å². The minimum absolute atomic E-state index is 0.750. The van der Waals surface area contributed by atoms with Gasteiger partial charge in [0.25, 0.3) is 0 Å². The summed E-state index contributed by atoms with van der Waals surface area (Å²) in [7, 11) is 0. The van der Waals surface area contributed by atoms with E-state index < -0.39 is 0 Å². The van der Waals surface area contributed by atoms with E-state index in [1.54, 1.807) is 11.3 Å². The Morgan fingerprint density at radius 2 is 2.30 bits per heavy atom. The third-order valence-corrected chi connectivity index (χ3v) is 2.21. The average Bonchev–Trinajstić information content (AvgIpc) is 2.13. The Hall–Kier alpha value is -0.370. The molecule has 1 aromatic rings. The summed E-state index contributed by atoms with van der Waals surface area (Å²) >= 11 is 1.80. The van der Waals surface area contributed by atoms with Crippen LogP contribution in [0.2, 0.25) is 0 Å². The smallest absolute Gasteiger partial charge is 0.0896 e. The molecule has 0 radical (unpaired) electrons. The van der Waals surface area contributed by atoms with Gasteiger partial charge in [0, 0.05) is 11.1 Å². The molecule has 2 heteroatoms. The first-order valence-electron chi connectivity index (χ1n) is 3.60. The number of aromatic nitrogens is 1. The first kappa shape index (κ1) is 7.73. The lowest BCUT2D eigenvalue weighted by Crippen LogP contribution is -1.89. The van der Waals surface area contributed by atoms with Crippen LogP contribution in [0, 0.1) is 12.8 Å². The molecule has 0 atom stereocenters. The van der Waals surface area contributed by atoms with E-state index in [2.05, 4.69) is 25.8 Å². The van der Waals surface area contributed by atoms with Crippen LogP contribution < -0.4 is 0 Å². The van der Waals surface area contributed by atoms with E-state index >= 15 is 0 Å². The Bertz CT molecular complexity index is 203. The van der Waals surface area contributed by atoms with E-state index in [1.165, 1.54) is 16.3 Å². The minimum Gasteiger partial charge on any atom is -0.250 e. The van der Waals surface area contributed by atoms with Crippen LogP contribution in [-0.2, 0) is 6.42 Å². The molecule has 0 spiro atoms. The highest BCUT2D eigenvalue weighted by Gasteiger charge is 1.99. The average molecular weight is 155 g/mol. The molecule has 0 bridgehead atoms. The van der Waals surface area contributed by atoms with Gasteiger partial charge in [0.15, 0.2) is 0 Å². The molecule has 0 aliphatic heterocycles. The molecule has 0 fully saturated rings. The van der Waals surface area contributed by atoms with Gasteiger partial charge in [-0.3, -0.25) is 0 Å². The van der Waals surface area contributed by atoms with Crippen molar-refractivity contribution in [1.82, 2.24) is 4.98 Å². The first-order chi connectivity index (χ1) is 4.68. The fourth-order valence-electron chi connectivity index (χ4n) is 0.902. The van der Waals surface area contributed by atoms with Gasteiger partial charge < -0.3 is 0 Å². The molecular weight excluding hydrogens is 142 g/mol. The number of thiazole rings is 1. The molecule has 0 aliphatic rings. The zero-order valence-electron chi connectivity index (χ0n) is 6.72. The summed E-state index contributed by atoms with van der Waals surface area (Å²) in [5.41, 5.74) is 0. The van der Waals surface area contributed by atoms with Gasteiger partial charge in [0.05, 0.1) is 5.01 Å². The highest BCUT2D eigenvalue weighted by Crippen LogP contribution is 2.15. The summed E-state index contributed by atoms with van der Waals surface area (Å²) in [4.78, 5) is 5.60. The fourth-order valence-corrected chi connectivity index (χ4v) is 1.91. The van der Waals surface area contributed by atoms with E-state index in [4.69, 9.17) is 0 Å². The van der Waals surface area contributed by atoms with Crippen LogP contribution in [0.3, 0.4) is 0 Å². The van der Waals surface area contributed by atoms with Crippen LogP contribution in [0.4, 0.5) is 0 Å². The van der Waals surface area contributed by atoms with Gasteiger partial charge in [-0.25, -0.2) is 4.98 Å². The molecule has 0 aliphatic carbocycles. The second-order valence-electron chi connectivity index (χ2n) is 2.94. The van der Waals surface area contributed by atoms with Gasteiger partial charge >= 0.3 is 0 Å². The summed E-state index contributed by atoms with van der Waals surface area (Å²) < 4.78 is 0. The van der Waals surface area contributed by atoms with Crippen molar-refractivity contribution in [3.05, 3.63) is 16.1 Å². The largest absolute Gasteiger partial charge is 0.250 e. The molecule has 1 rings (SSSR count). The van der Waals surface area contributed by atoms with Gasteiger partial charge in [-0.15, -0.1) is 11.3 Å². The Morgan fingerprint density at radius 1 is 1.60 bits per heavy atom. The van der Waals surface area contributed by atoms with Crippen molar-refractivity contribution in [2.24, 2.45) is 5.92 Å². The lowest BCUT2D eigenvalue weighted by molar-refractivity contribution is 0.653. The van der Waals surface area contributed by atoms with Crippen molar-refractivity contribution < 1.29 is 0 Å². The molecule has 0 saturated heterocycles. The first-order valence-corrected chi connectivity index (χ1v) is 4.41. The van der Waals surface area contributed by atoms with Crippen LogP contribution >= 0.6 is 11.3 Å². The summed E-state index contributed by atoms with van der Waals surface area (Å²) in [5, 5.41) is 1.18. The summed E-state index contributed by atoms with van der Waals surface area (Å²) in [5.74, 6) is 0.750. The van der Waals surface area contributed by atoms with Crippen LogP contribution in [0.1, 0.15) is 23.7 Å². The van der Waals surface area contributed by atoms with E-state index in [0.29, 0.717) is 0 Å². The third-order valence-electron chi connectivity index (χ3n) is 1.28. The fraction of sp³-hybridized carbons (Fsp3) is 0.625. The topological polar surface area (TPSA) is 12.9 Å². The summed E-state index contributed by atoms with van der Waals surface area (Å²) in [6.07, 6.45) is 3.16. The van der Waals surface area contributed by atoms with E-state index in [0.717, 1.165) is 5.92 Å². The second kappa shape index (κ2) is 3.15. The van der Waals surface area contributed by atoms with Gasteiger partial charge in [-0.2, -0.15) is 0 Å². The molecule has 0 amide bonds.